The summed E-state index contributed by atoms with van der Waals surface area (Å²) in [6, 6.07) is 0. The Bertz CT molecular complexity index is 323. The quantitative estimate of drug-likeness (QED) is 0.202. The monoisotopic (exact) mass is 213 g/mol. The largest absolute Gasteiger partial charge is 0.409 e. The van der Waals surface area contributed by atoms with Gasteiger partial charge in [-0.15, -0.1) is 0 Å². The number of nitrogens with one attached hydrogen (secondary N) is 1. The second kappa shape index (κ2) is 5.97. The summed E-state index contributed by atoms with van der Waals surface area (Å²) in [5.74, 6) is 1.44. The molecule has 0 aliphatic rings. The predicted octanol–water partition coefficient (Wildman–Crippen LogP) is -0.00578. The van der Waals surface area contributed by atoms with Crippen LogP contribution in [0.15, 0.2) is 9.68 Å². The van der Waals surface area contributed by atoms with Crippen molar-refractivity contribution in [2.24, 2.45) is 10.9 Å². The van der Waals surface area contributed by atoms with Crippen LogP contribution in [0.2, 0.25) is 0 Å². The smallest absolute Gasteiger partial charge is 0.223 e. The summed E-state index contributed by atoms with van der Waals surface area (Å²) in [4.78, 5) is 4.03. The maximum Gasteiger partial charge on any atom is 0.223 e. The first-order valence-electron chi connectivity index (χ1n) is 4.68. The van der Waals surface area contributed by atoms with E-state index in [0.717, 1.165) is 13.0 Å². The zero-order valence-corrected chi connectivity index (χ0v) is 8.60. The van der Waals surface area contributed by atoms with E-state index >= 15 is 0 Å². The minimum Gasteiger partial charge on any atom is -0.409 e. The summed E-state index contributed by atoms with van der Waals surface area (Å²) >= 11 is 0. The summed E-state index contributed by atoms with van der Waals surface area (Å²) in [5.41, 5.74) is 5.30. The highest BCUT2D eigenvalue weighted by Crippen LogP contribution is 1.94. The van der Waals surface area contributed by atoms with Gasteiger partial charge >= 0.3 is 0 Å². The van der Waals surface area contributed by atoms with Crippen LogP contribution in [-0.4, -0.2) is 27.7 Å². The topological polar surface area (TPSA) is 110 Å². The number of aryl methyl sites for hydroxylation is 1. The number of hydrogen-bond acceptors (Lipinski definition) is 6. The number of rotatable bonds is 6. The van der Waals surface area contributed by atoms with Gasteiger partial charge in [0.05, 0.1) is 6.54 Å². The van der Waals surface area contributed by atoms with Gasteiger partial charge in [-0.2, -0.15) is 4.98 Å². The van der Waals surface area contributed by atoms with Gasteiger partial charge in [0.15, 0.2) is 5.82 Å². The van der Waals surface area contributed by atoms with Crippen molar-refractivity contribution in [3.8, 4) is 0 Å². The maximum atomic E-state index is 8.28. The van der Waals surface area contributed by atoms with Gasteiger partial charge in [-0.1, -0.05) is 10.3 Å². The Hall–Kier alpha value is -1.63. The normalized spacial score (nSPS) is 11.9. The first-order chi connectivity index (χ1) is 7.22. The van der Waals surface area contributed by atoms with Crippen molar-refractivity contribution in [1.82, 2.24) is 15.5 Å². The number of nitrogens with two attached hydrogens (primary N) is 1. The van der Waals surface area contributed by atoms with E-state index in [-0.39, 0.29) is 5.84 Å². The molecule has 0 saturated carbocycles. The molecule has 1 aromatic rings. The molecule has 1 heterocycles. The zero-order chi connectivity index (χ0) is 11.1. The van der Waals surface area contributed by atoms with E-state index in [2.05, 4.69) is 20.6 Å². The van der Waals surface area contributed by atoms with Crippen molar-refractivity contribution in [2.45, 2.75) is 26.3 Å². The lowest BCUT2D eigenvalue weighted by molar-refractivity contribution is 0.316. The molecule has 7 heteroatoms. The molecule has 0 bridgehead atoms. The second-order valence-electron chi connectivity index (χ2n) is 3.10. The molecule has 0 atom stereocenters. The summed E-state index contributed by atoms with van der Waals surface area (Å²) < 4.78 is 4.80. The van der Waals surface area contributed by atoms with E-state index in [1.807, 2.05) is 0 Å². The fourth-order valence-electron chi connectivity index (χ4n) is 1.06. The molecule has 0 fully saturated rings. The molecular formula is C8H15N5O2. The van der Waals surface area contributed by atoms with Crippen LogP contribution in [0.1, 0.15) is 24.6 Å². The van der Waals surface area contributed by atoms with Crippen LogP contribution < -0.4 is 11.1 Å². The van der Waals surface area contributed by atoms with Crippen molar-refractivity contribution in [3.63, 3.8) is 0 Å². The van der Waals surface area contributed by atoms with Gasteiger partial charge in [0.25, 0.3) is 0 Å². The molecule has 1 aromatic heterocycles. The Labute approximate surface area is 87.3 Å². The van der Waals surface area contributed by atoms with Crippen molar-refractivity contribution < 1.29 is 9.73 Å². The van der Waals surface area contributed by atoms with Crippen molar-refractivity contribution in [2.75, 3.05) is 6.54 Å². The van der Waals surface area contributed by atoms with Crippen molar-refractivity contribution >= 4 is 5.84 Å². The lowest BCUT2D eigenvalue weighted by Crippen LogP contribution is -2.19. The molecule has 0 amide bonds. The molecule has 1 rings (SSSR count). The molecule has 4 N–H and O–H groups in total. The van der Waals surface area contributed by atoms with E-state index in [9.17, 15) is 0 Å². The second-order valence-corrected chi connectivity index (χ2v) is 3.10. The fraction of sp³-hybridized carbons (Fsp3) is 0.625. The summed E-state index contributed by atoms with van der Waals surface area (Å²) in [7, 11) is 0. The maximum absolute atomic E-state index is 8.28. The van der Waals surface area contributed by atoms with E-state index < -0.39 is 0 Å². The van der Waals surface area contributed by atoms with Crippen LogP contribution in [0.25, 0.3) is 0 Å². The third kappa shape index (κ3) is 4.41. The van der Waals surface area contributed by atoms with E-state index in [1.165, 1.54) is 0 Å². The molecule has 0 unspecified atom stereocenters. The zero-order valence-electron chi connectivity index (χ0n) is 8.60. The SMILES string of the molecule is Cc1nc(CNCCCC(N)=NO)no1. The summed E-state index contributed by atoms with van der Waals surface area (Å²) in [6.07, 6.45) is 1.36. The highest BCUT2D eigenvalue weighted by Gasteiger charge is 2.00. The van der Waals surface area contributed by atoms with Gasteiger partial charge < -0.3 is 20.8 Å². The Morgan fingerprint density at radius 3 is 3.07 bits per heavy atom. The molecule has 0 radical (unpaired) electrons. The van der Waals surface area contributed by atoms with Gasteiger partial charge in [-0.3, -0.25) is 0 Å². The van der Waals surface area contributed by atoms with E-state index in [1.54, 1.807) is 6.92 Å². The standard InChI is InChI=1S/C8H15N5O2/c1-6-11-8(13-15-6)5-10-4-2-3-7(9)12-14/h10,14H,2-5H2,1H3,(H2,9,12). The highest BCUT2D eigenvalue weighted by molar-refractivity contribution is 5.79. The predicted molar refractivity (Wildman–Crippen MR) is 53.4 cm³/mol. The number of aromatic nitrogens is 2. The van der Waals surface area contributed by atoms with Gasteiger partial charge in [0.1, 0.15) is 5.84 Å². The van der Waals surface area contributed by atoms with Crippen LogP contribution in [0, 0.1) is 6.92 Å². The Balaban J connectivity index is 2.07. The van der Waals surface area contributed by atoms with Crippen molar-refractivity contribution in [1.29, 1.82) is 0 Å². The molecule has 7 nitrogen and oxygen atoms in total. The Morgan fingerprint density at radius 1 is 1.67 bits per heavy atom. The Morgan fingerprint density at radius 2 is 2.47 bits per heavy atom. The van der Waals surface area contributed by atoms with Crippen LogP contribution in [0.4, 0.5) is 0 Å². The average molecular weight is 213 g/mol. The van der Waals surface area contributed by atoms with E-state index in [0.29, 0.717) is 24.7 Å². The molecule has 84 valence electrons. The number of nitrogens with zero attached hydrogens (tertiary/aromatic N) is 3. The van der Waals surface area contributed by atoms with Crippen LogP contribution >= 0.6 is 0 Å². The van der Waals surface area contributed by atoms with E-state index in [4.69, 9.17) is 15.5 Å². The highest BCUT2D eigenvalue weighted by atomic mass is 16.5. The molecule has 0 aliphatic heterocycles. The van der Waals surface area contributed by atoms with Crippen LogP contribution in [-0.2, 0) is 6.54 Å². The summed E-state index contributed by atoms with van der Waals surface area (Å²) in [6.45, 7) is 3.06. The third-order valence-electron chi connectivity index (χ3n) is 1.77. The van der Waals surface area contributed by atoms with Gasteiger partial charge in [0.2, 0.25) is 5.89 Å². The third-order valence-corrected chi connectivity index (χ3v) is 1.77. The lowest BCUT2D eigenvalue weighted by atomic mass is 10.3. The molecule has 0 saturated heterocycles. The molecular weight excluding hydrogens is 198 g/mol. The van der Waals surface area contributed by atoms with Gasteiger partial charge in [-0.05, 0) is 13.0 Å². The Kier molecular flexibility index (Phi) is 4.55. The van der Waals surface area contributed by atoms with Crippen molar-refractivity contribution in [3.05, 3.63) is 11.7 Å². The van der Waals surface area contributed by atoms with Gasteiger partial charge in [-0.25, -0.2) is 0 Å². The minimum absolute atomic E-state index is 0.243. The first-order valence-corrected chi connectivity index (χ1v) is 4.68. The lowest BCUT2D eigenvalue weighted by Gasteiger charge is -2.00. The van der Waals surface area contributed by atoms with Gasteiger partial charge in [0, 0.05) is 13.3 Å². The molecule has 0 aromatic carbocycles. The average Bonchev–Trinajstić information content (AvgIpc) is 2.63. The molecule has 0 spiro atoms. The van der Waals surface area contributed by atoms with Crippen LogP contribution in [0.3, 0.4) is 0 Å². The molecule has 15 heavy (non-hydrogen) atoms. The fourth-order valence-corrected chi connectivity index (χ4v) is 1.06. The summed E-state index contributed by atoms with van der Waals surface area (Å²) in [5, 5.41) is 18.0. The van der Waals surface area contributed by atoms with Crippen LogP contribution in [0.5, 0.6) is 0 Å². The first kappa shape index (κ1) is 11.4. The number of oxime groups is 1. The number of amidine groups is 1. The minimum atomic E-state index is 0.243. The number of hydrogen-bond donors (Lipinski definition) is 3. The molecule has 0 aliphatic carbocycles.